The number of allylic oxidation sites excluding steroid dienone is 4. The number of hydrogen-bond acceptors (Lipinski definition) is 7. The van der Waals surface area contributed by atoms with E-state index >= 15 is 0 Å². The van der Waals surface area contributed by atoms with E-state index in [1.54, 1.807) is 12.2 Å². The summed E-state index contributed by atoms with van der Waals surface area (Å²) in [5.41, 5.74) is 1.35. The Morgan fingerprint density at radius 2 is 1.97 bits per heavy atom. The highest BCUT2D eigenvalue weighted by molar-refractivity contribution is 6.01. The van der Waals surface area contributed by atoms with Crippen molar-refractivity contribution in [3.8, 4) is 0 Å². The largest absolute Gasteiger partial charge is 0.393 e. The molecule has 206 valence electrons. The topological polar surface area (TPSA) is 107 Å². The van der Waals surface area contributed by atoms with Gasteiger partial charge in [0.15, 0.2) is 11.6 Å². The maximum Gasteiger partial charge on any atom is 0.178 e. The van der Waals surface area contributed by atoms with E-state index in [4.69, 9.17) is 4.74 Å². The van der Waals surface area contributed by atoms with Gasteiger partial charge in [-0.3, -0.25) is 9.59 Å². The van der Waals surface area contributed by atoms with E-state index in [9.17, 15) is 25.0 Å². The second kappa shape index (κ2) is 10.8. The molecule has 5 rings (SSSR count). The molecule has 7 heteroatoms. The van der Waals surface area contributed by atoms with Gasteiger partial charge in [-0.25, -0.2) is 0 Å². The van der Waals surface area contributed by atoms with Crippen LogP contribution in [0.15, 0.2) is 54.1 Å². The molecule has 0 bridgehead atoms. The summed E-state index contributed by atoms with van der Waals surface area (Å²) in [4.78, 5) is 25.2. The Morgan fingerprint density at radius 3 is 2.71 bits per heavy atom. The first-order chi connectivity index (χ1) is 18.2. The third kappa shape index (κ3) is 4.84. The van der Waals surface area contributed by atoms with E-state index in [2.05, 4.69) is 13.8 Å². The molecule has 3 N–H and O–H groups in total. The molecule has 0 aromatic heterocycles. The van der Waals surface area contributed by atoms with Gasteiger partial charge in [0.2, 0.25) is 0 Å². The van der Waals surface area contributed by atoms with Crippen molar-refractivity contribution in [3.05, 3.63) is 59.7 Å². The highest BCUT2D eigenvalue weighted by Crippen LogP contribution is 2.67. The number of ketones is 2. The lowest BCUT2D eigenvalue weighted by atomic mass is 9.46. The molecule has 0 amide bonds. The summed E-state index contributed by atoms with van der Waals surface area (Å²) in [5, 5.41) is 33.5. The van der Waals surface area contributed by atoms with Crippen LogP contribution in [0.4, 0.5) is 0 Å². The minimum Gasteiger partial charge on any atom is -0.393 e. The van der Waals surface area contributed by atoms with Crippen molar-refractivity contribution >= 4 is 11.6 Å². The molecule has 7 nitrogen and oxygen atoms in total. The molecule has 0 spiro atoms. The fourth-order valence-corrected chi connectivity index (χ4v) is 8.71. The average Bonchev–Trinajstić information content (AvgIpc) is 3.18. The molecule has 1 aromatic rings. The molecule has 8 atom stereocenters. The number of aliphatic hydroxyl groups is 2. The summed E-state index contributed by atoms with van der Waals surface area (Å²) in [6.45, 7) is 5.19. The number of hydrogen-bond donors (Lipinski definition) is 3. The standard InChI is InChI=1S/C31H41NO6/c1-30-11-10-23(34)15-22(30)8-9-24-25-14-21(17-32(37)12-13-38-19-20-6-4-3-5-7-20)28(27(36)18-33)31(25,2)16-26(35)29(24)30/h3-7,10-11,15,21,24-26,28-29,33,35,37H,8-9,12-14,16-19H2,1-2H3/t21-,24?,25?,26?,28?,29?,30?,31?/m0/s1. The van der Waals surface area contributed by atoms with Crippen LogP contribution in [0.3, 0.4) is 0 Å². The first-order valence-corrected chi connectivity index (χ1v) is 14.0. The Labute approximate surface area is 225 Å². The number of ether oxygens (including phenoxy) is 1. The molecular weight excluding hydrogens is 482 g/mol. The number of carbonyl (C=O) groups excluding carboxylic acids is 2. The third-order valence-corrected chi connectivity index (χ3v) is 10.2. The number of hydroxylamine groups is 2. The zero-order valence-corrected chi connectivity index (χ0v) is 22.5. The second-order valence-corrected chi connectivity index (χ2v) is 12.3. The highest BCUT2D eigenvalue weighted by atomic mass is 16.5. The van der Waals surface area contributed by atoms with E-state index in [-0.39, 0.29) is 40.7 Å². The molecular formula is C31H41NO6. The van der Waals surface area contributed by atoms with E-state index in [0.717, 1.165) is 30.4 Å². The van der Waals surface area contributed by atoms with Gasteiger partial charge in [-0.2, -0.15) is 5.06 Å². The van der Waals surface area contributed by atoms with Crippen LogP contribution >= 0.6 is 0 Å². The minimum absolute atomic E-state index is 0.0105. The molecule has 0 heterocycles. The van der Waals surface area contributed by atoms with Crippen LogP contribution in [0.25, 0.3) is 0 Å². The number of Topliss-reactive ketones (excluding diaryl/α,β-unsaturated/α-hetero) is 1. The third-order valence-electron chi connectivity index (χ3n) is 10.2. The number of fused-ring (bicyclic) bond motifs is 5. The van der Waals surface area contributed by atoms with Crippen molar-refractivity contribution in [1.82, 2.24) is 5.06 Å². The molecule has 0 saturated heterocycles. The maximum atomic E-state index is 13.2. The van der Waals surface area contributed by atoms with Crippen LogP contribution in [0.2, 0.25) is 0 Å². The summed E-state index contributed by atoms with van der Waals surface area (Å²) in [6, 6.07) is 9.88. The quantitative estimate of drug-likeness (QED) is 0.336. The van der Waals surface area contributed by atoms with E-state index < -0.39 is 24.0 Å². The zero-order chi connectivity index (χ0) is 27.1. The molecule has 38 heavy (non-hydrogen) atoms. The van der Waals surface area contributed by atoms with Gasteiger partial charge in [0.05, 0.1) is 19.3 Å². The maximum absolute atomic E-state index is 13.2. The summed E-state index contributed by atoms with van der Waals surface area (Å²) >= 11 is 0. The first-order valence-electron chi connectivity index (χ1n) is 14.0. The van der Waals surface area contributed by atoms with Crippen molar-refractivity contribution in [2.75, 3.05) is 26.3 Å². The van der Waals surface area contributed by atoms with Crippen LogP contribution in [-0.4, -0.2) is 64.5 Å². The number of carbonyl (C=O) groups is 2. The van der Waals surface area contributed by atoms with Gasteiger partial charge in [-0.1, -0.05) is 55.8 Å². The summed E-state index contributed by atoms with van der Waals surface area (Å²) < 4.78 is 5.74. The summed E-state index contributed by atoms with van der Waals surface area (Å²) in [5.74, 6) is -0.381. The van der Waals surface area contributed by atoms with Crippen LogP contribution < -0.4 is 0 Å². The Kier molecular flexibility index (Phi) is 7.77. The normalized spacial score (nSPS) is 37.9. The van der Waals surface area contributed by atoms with Crippen molar-refractivity contribution in [1.29, 1.82) is 0 Å². The van der Waals surface area contributed by atoms with Crippen LogP contribution in [0, 0.1) is 40.4 Å². The summed E-state index contributed by atoms with van der Waals surface area (Å²) in [7, 11) is 0. The van der Waals surface area contributed by atoms with Crippen molar-refractivity contribution in [3.63, 3.8) is 0 Å². The van der Waals surface area contributed by atoms with E-state index in [0.29, 0.717) is 32.7 Å². The molecule has 7 unspecified atom stereocenters. The molecule has 3 saturated carbocycles. The fourth-order valence-electron chi connectivity index (χ4n) is 8.71. The Morgan fingerprint density at radius 1 is 1.21 bits per heavy atom. The summed E-state index contributed by atoms with van der Waals surface area (Å²) in [6.07, 6.45) is 7.66. The highest BCUT2D eigenvalue weighted by Gasteiger charge is 2.64. The van der Waals surface area contributed by atoms with E-state index in [1.807, 2.05) is 36.4 Å². The SMILES string of the molecule is CC12C=CC(=O)C=C1CCC1C2C(O)CC2(C)C1C[C@@H](CN(O)CCOCc1ccccc1)C2C(=O)CO. The average molecular weight is 524 g/mol. The zero-order valence-electron chi connectivity index (χ0n) is 22.5. The fraction of sp³-hybridized carbons (Fsp3) is 0.613. The molecule has 3 fully saturated rings. The molecule has 4 aliphatic carbocycles. The smallest absolute Gasteiger partial charge is 0.178 e. The van der Waals surface area contributed by atoms with Gasteiger partial charge >= 0.3 is 0 Å². The lowest BCUT2D eigenvalue weighted by molar-refractivity contribution is -0.146. The Balaban J connectivity index is 1.30. The predicted octanol–water partition coefficient (Wildman–Crippen LogP) is 3.58. The van der Waals surface area contributed by atoms with Gasteiger partial charge in [0, 0.05) is 30.3 Å². The number of nitrogens with zero attached hydrogens (tertiary/aromatic N) is 1. The van der Waals surface area contributed by atoms with Crippen molar-refractivity contribution < 1.29 is 29.7 Å². The lowest BCUT2D eigenvalue weighted by Gasteiger charge is -2.58. The monoisotopic (exact) mass is 523 g/mol. The molecule has 4 aliphatic rings. The number of aliphatic hydroxyl groups excluding tert-OH is 2. The molecule has 0 radical (unpaired) electrons. The van der Waals surface area contributed by atoms with E-state index in [1.165, 1.54) is 5.06 Å². The van der Waals surface area contributed by atoms with Crippen molar-refractivity contribution in [2.45, 2.75) is 52.2 Å². The molecule has 1 aromatic carbocycles. The lowest BCUT2D eigenvalue weighted by Crippen LogP contribution is -2.56. The predicted molar refractivity (Wildman–Crippen MR) is 142 cm³/mol. The first kappa shape index (κ1) is 27.4. The minimum atomic E-state index is -0.614. The van der Waals surface area contributed by atoms with Gasteiger partial charge in [-0.05, 0) is 66.6 Å². The number of rotatable bonds is 9. The number of benzene rings is 1. The van der Waals surface area contributed by atoms with Gasteiger partial charge < -0.3 is 20.2 Å². The van der Waals surface area contributed by atoms with Crippen LogP contribution in [-0.2, 0) is 20.9 Å². The van der Waals surface area contributed by atoms with Crippen LogP contribution in [0.5, 0.6) is 0 Å². The van der Waals surface area contributed by atoms with Crippen LogP contribution in [0.1, 0.15) is 45.1 Å². The van der Waals surface area contributed by atoms with Crippen molar-refractivity contribution in [2.24, 2.45) is 40.4 Å². The van der Waals surface area contributed by atoms with Gasteiger partial charge in [0.25, 0.3) is 0 Å². The molecule has 0 aliphatic heterocycles. The Bertz CT molecular complexity index is 1100. The van der Waals surface area contributed by atoms with Gasteiger partial charge in [0.1, 0.15) is 6.61 Å². The second-order valence-electron chi connectivity index (χ2n) is 12.3. The Hall–Kier alpha value is -2.16. The van der Waals surface area contributed by atoms with Gasteiger partial charge in [-0.15, -0.1) is 0 Å².